The number of rotatable bonds is 5. The number of aromatic nitrogens is 1. The summed E-state index contributed by atoms with van der Waals surface area (Å²) >= 11 is 0. The van der Waals surface area contributed by atoms with E-state index in [-0.39, 0.29) is 24.0 Å². The van der Waals surface area contributed by atoms with Gasteiger partial charge in [0, 0.05) is 39.6 Å². The number of nitrogens with one attached hydrogen (secondary N) is 1. The lowest BCUT2D eigenvalue weighted by molar-refractivity contribution is 0.462. The van der Waals surface area contributed by atoms with Gasteiger partial charge in [0.2, 0.25) is 0 Å². The van der Waals surface area contributed by atoms with Crippen molar-refractivity contribution in [2.75, 3.05) is 20.6 Å². The van der Waals surface area contributed by atoms with Gasteiger partial charge in [-0.1, -0.05) is 11.6 Å². The Morgan fingerprint density at radius 2 is 2.29 bits per heavy atom. The fraction of sp³-hybridized carbons (Fsp3) is 0.562. The molecular formula is C16H27IN4. The summed E-state index contributed by atoms with van der Waals surface area (Å²) in [7, 11) is 6.00. The van der Waals surface area contributed by atoms with Crippen LogP contribution < -0.4 is 5.32 Å². The summed E-state index contributed by atoms with van der Waals surface area (Å²) in [5, 5.41) is 3.45. The van der Waals surface area contributed by atoms with Gasteiger partial charge in [0.1, 0.15) is 0 Å². The van der Waals surface area contributed by atoms with E-state index in [1.165, 1.54) is 25.0 Å². The highest BCUT2D eigenvalue weighted by Gasteiger charge is 2.09. The van der Waals surface area contributed by atoms with Gasteiger partial charge in [0.25, 0.3) is 0 Å². The lowest BCUT2D eigenvalue weighted by atomic mass is 10.2. The number of hydrogen-bond donors (Lipinski definition) is 1. The molecule has 0 saturated heterocycles. The van der Waals surface area contributed by atoms with Gasteiger partial charge in [0.05, 0.1) is 6.54 Å². The number of halogens is 1. The third kappa shape index (κ3) is 5.37. The molecule has 2 rings (SSSR count). The normalized spacial score (nSPS) is 14.6. The van der Waals surface area contributed by atoms with E-state index >= 15 is 0 Å². The minimum absolute atomic E-state index is 0. The molecule has 0 saturated carbocycles. The Balaban J connectivity index is 0.00000220. The molecule has 1 aromatic heterocycles. The molecule has 21 heavy (non-hydrogen) atoms. The third-order valence-corrected chi connectivity index (χ3v) is 3.89. The van der Waals surface area contributed by atoms with Gasteiger partial charge in [0.15, 0.2) is 5.96 Å². The van der Waals surface area contributed by atoms with E-state index < -0.39 is 0 Å². The number of allylic oxidation sites excluding steroid dienone is 1. The molecule has 1 aromatic rings. The van der Waals surface area contributed by atoms with Crippen molar-refractivity contribution in [1.82, 2.24) is 14.8 Å². The Kier molecular flexibility index (Phi) is 7.85. The van der Waals surface area contributed by atoms with Gasteiger partial charge in [-0.05, 0) is 37.8 Å². The van der Waals surface area contributed by atoms with E-state index in [4.69, 9.17) is 0 Å². The average Bonchev–Trinajstić information content (AvgIpc) is 3.07. The van der Waals surface area contributed by atoms with E-state index in [2.05, 4.69) is 58.3 Å². The maximum Gasteiger partial charge on any atom is 0.193 e. The molecule has 0 aliphatic heterocycles. The fourth-order valence-electron chi connectivity index (χ4n) is 2.66. The van der Waals surface area contributed by atoms with Crippen LogP contribution in [0.3, 0.4) is 0 Å². The molecule has 0 atom stereocenters. The van der Waals surface area contributed by atoms with E-state index in [9.17, 15) is 0 Å². The molecule has 0 spiro atoms. The molecule has 0 bridgehead atoms. The maximum atomic E-state index is 4.37. The zero-order valence-corrected chi connectivity index (χ0v) is 15.6. The minimum atomic E-state index is 0. The highest BCUT2D eigenvalue weighted by atomic mass is 127. The van der Waals surface area contributed by atoms with Crippen LogP contribution in [0.2, 0.25) is 0 Å². The minimum Gasteiger partial charge on any atom is -0.356 e. The number of aryl methyl sites for hydroxylation is 1. The summed E-state index contributed by atoms with van der Waals surface area (Å²) < 4.78 is 2.15. The summed E-state index contributed by atoms with van der Waals surface area (Å²) in [6.45, 7) is 1.84. The smallest absolute Gasteiger partial charge is 0.193 e. The molecular weight excluding hydrogens is 375 g/mol. The van der Waals surface area contributed by atoms with Crippen molar-refractivity contribution < 1.29 is 0 Å². The molecule has 1 heterocycles. The largest absolute Gasteiger partial charge is 0.356 e. The van der Waals surface area contributed by atoms with Gasteiger partial charge in [-0.2, -0.15) is 0 Å². The molecule has 0 radical (unpaired) electrons. The highest BCUT2D eigenvalue weighted by molar-refractivity contribution is 14.0. The summed E-state index contributed by atoms with van der Waals surface area (Å²) in [5.74, 6) is 0.963. The lowest BCUT2D eigenvalue weighted by Crippen LogP contribution is -2.39. The molecule has 0 unspecified atom stereocenters. The van der Waals surface area contributed by atoms with E-state index in [1.807, 2.05) is 7.05 Å². The average molecular weight is 402 g/mol. The van der Waals surface area contributed by atoms with Crippen LogP contribution in [0.25, 0.3) is 0 Å². The summed E-state index contributed by atoms with van der Waals surface area (Å²) in [6.07, 6.45) is 9.47. The summed E-state index contributed by atoms with van der Waals surface area (Å²) in [6, 6.07) is 4.22. The van der Waals surface area contributed by atoms with Crippen molar-refractivity contribution in [2.45, 2.75) is 32.2 Å². The first-order chi connectivity index (χ1) is 9.70. The second-order valence-electron chi connectivity index (χ2n) is 5.45. The van der Waals surface area contributed by atoms with Crippen molar-refractivity contribution in [3.8, 4) is 0 Å². The van der Waals surface area contributed by atoms with Crippen LogP contribution in [-0.2, 0) is 13.6 Å². The van der Waals surface area contributed by atoms with Crippen LogP contribution in [-0.4, -0.2) is 36.1 Å². The summed E-state index contributed by atoms with van der Waals surface area (Å²) in [4.78, 5) is 6.53. The fourth-order valence-corrected chi connectivity index (χ4v) is 2.66. The highest BCUT2D eigenvalue weighted by Crippen LogP contribution is 2.19. The van der Waals surface area contributed by atoms with Crippen molar-refractivity contribution >= 4 is 29.9 Å². The Bertz CT molecular complexity index is 490. The van der Waals surface area contributed by atoms with E-state index in [1.54, 1.807) is 5.57 Å². The summed E-state index contributed by atoms with van der Waals surface area (Å²) in [5.41, 5.74) is 2.88. The van der Waals surface area contributed by atoms with Gasteiger partial charge < -0.3 is 14.8 Å². The second kappa shape index (κ2) is 9.12. The van der Waals surface area contributed by atoms with E-state index in [0.717, 1.165) is 25.5 Å². The van der Waals surface area contributed by atoms with Gasteiger partial charge >= 0.3 is 0 Å². The van der Waals surface area contributed by atoms with Crippen LogP contribution in [0.4, 0.5) is 0 Å². The molecule has 1 aliphatic carbocycles. The molecule has 4 nitrogen and oxygen atoms in total. The topological polar surface area (TPSA) is 32.6 Å². The van der Waals surface area contributed by atoms with Crippen molar-refractivity contribution in [3.05, 3.63) is 35.7 Å². The van der Waals surface area contributed by atoms with Crippen molar-refractivity contribution in [3.63, 3.8) is 0 Å². The molecule has 0 fully saturated rings. The predicted molar refractivity (Wildman–Crippen MR) is 100 cm³/mol. The second-order valence-corrected chi connectivity index (χ2v) is 5.45. The van der Waals surface area contributed by atoms with Crippen LogP contribution >= 0.6 is 24.0 Å². The van der Waals surface area contributed by atoms with Crippen LogP contribution in [0.1, 0.15) is 31.4 Å². The number of aliphatic imine (C=N–C) groups is 1. The Morgan fingerprint density at radius 3 is 2.86 bits per heavy atom. The third-order valence-electron chi connectivity index (χ3n) is 3.89. The molecule has 5 heteroatoms. The zero-order chi connectivity index (χ0) is 14.4. The number of guanidine groups is 1. The SMILES string of the molecule is CN=C(NCCC1=CCCC1)N(C)Cc1cccn1C.I. The maximum absolute atomic E-state index is 4.37. The number of hydrogen-bond acceptors (Lipinski definition) is 1. The Hall–Kier alpha value is -0.980. The predicted octanol–water partition coefficient (Wildman–Crippen LogP) is 3.15. The first-order valence-corrected chi connectivity index (χ1v) is 7.40. The standard InChI is InChI=1S/C16H26N4.HI/c1-17-16(18-11-10-14-7-4-5-8-14)20(3)13-15-9-6-12-19(15)2;/h6-7,9,12H,4-5,8,10-11,13H2,1-3H3,(H,17,18);1H. The molecule has 118 valence electrons. The molecule has 0 amide bonds. The van der Waals surface area contributed by atoms with Gasteiger partial charge in [-0.25, -0.2) is 0 Å². The molecule has 1 N–H and O–H groups in total. The zero-order valence-electron chi connectivity index (χ0n) is 13.3. The van der Waals surface area contributed by atoms with Gasteiger partial charge in [-0.3, -0.25) is 4.99 Å². The number of nitrogens with zero attached hydrogens (tertiary/aromatic N) is 3. The van der Waals surface area contributed by atoms with Crippen molar-refractivity contribution in [1.29, 1.82) is 0 Å². The Morgan fingerprint density at radius 1 is 1.48 bits per heavy atom. The van der Waals surface area contributed by atoms with Crippen LogP contribution in [0, 0.1) is 0 Å². The first kappa shape index (κ1) is 18.1. The van der Waals surface area contributed by atoms with Crippen molar-refractivity contribution in [2.24, 2.45) is 12.0 Å². The molecule has 0 aromatic carbocycles. The first-order valence-electron chi connectivity index (χ1n) is 7.40. The van der Waals surface area contributed by atoms with Gasteiger partial charge in [-0.15, -0.1) is 24.0 Å². The monoisotopic (exact) mass is 402 g/mol. The Labute approximate surface area is 145 Å². The van der Waals surface area contributed by atoms with Crippen LogP contribution in [0.5, 0.6) is 0 Å². The van der Waals surface area contributed by atoms with E-state index in [0.29, 0.717) is 0 Å². The van der Waals surface area contributed by atoms with Crippen LogP contribution in [0.15, 0.2) is 35.0 Å². The molecule has 1 aliphatic rings. The quantitative estimate of drug-likeness (QED) is 0.355. The lowest BCUT2D eigenvalue weighted by Gasteiger charge is -2.22.